The van der Waals surface area contributed by atoms with Crippen LogP contribution in [0, 0.1) is 5.41 Å². The van der Waals surface area contributed by atoms with Gasteiger partial charge in [0, 0.05) is 5.33 Å². The van der Waals surface area contributed by atoms with Gasteiger partial charge in [0.05, 0.1) is 6.10 Å². The van der Waals surface area contributed by atoms with Gasteiger partial charge >= 0.3 is 0 Å². The molecule has 2 heteroatoms. The lowest BCUT2D eigenvalue weighted by molar-refractivity contribution is 0.0184. The number of alkyl halides is 1. The van der Waals surface area contributed by atoms with Gasteiger partial charge in [-0.15, -0.1) is 0 Å². The van der Waals surface area contributed by atoms with Gasteiger partial charge < -0.3 is 5.11 Å². The third kappa shape index (κ3) is 1.98. The van der Waals surface area contributed by atoms with Gasteiger partial charge in [-0.2, -0.15) is 0 Å². The van der Waals surface area contributed by atoms with E-state index in [9.17, 15) is 5.11 Å². The van der Waals surface area contributed by atoms with E-state index >= 15 is 0 Å². The van der Waals surface area contributed by atoms with Crippen molar-refractivity contribution >= 4 is 15.9 Å². The van der Waals surface area contributed by atoms with E-state index < -0.39 is 0 Å². The molecule has 1 nitrogen and oxygen atoms in total. The maximum absolute atomic E-state index is 10.4. The summed E-state index contributed by atoms with van der Waals surface area (Å²) in [4.78, 5) is 0. The summed E-state index contributed by atoms with van der Waals surface area (Å²) >= 11 is 3.48. The molecule has 0 saturated heterocycles. The summed E-state index contributed by atoms with van der Waals surface area (Å²) in [6, 6.07) is 8.26. The highest BCUT2D eigenvalue weighted by atomic mass is 79.9. The van der Waals surface area contributed by atoms with Gasteiger partial charge in [-0.25, -0.2) is 0 Å². The fourth-order valence-corrected chi connectivity index (χ4v) is 3.34. The molecule has 1 aliphatic rings. The number of fused-ring (bicyclic) bond motifs is 1. The molecule has 1 aliphatic carbocycles. The van der Waals surface area contributed by atoms with Gasteiger partial charge in [-0.3, -0.25) is 0 Å². The first-order valence-corrected chi connectivity index (χ1v) is 6.61. The summed E-state index contributed by atoms with van der Waals surface area (Å²) in [5.74, 6) is 0. The zero-order chi connectivity index (χ0) is 10.9. The molecule has 0 aromatic heterocycles. The lowest BCUT2D eigenvalue weighted by Crippen LogP contribution is -2.31. The summed E-state index contributed by atoms with van der Waals surface area (Å²) in [6.07, 6.45) is 2.90. The lowest BCUT2D eigenvalue weighted by atomic mass is 9.69. The number of aryl methyl sites for hydroxylation is 1. The highest BCUT2D eigenvalue weighted by Gasteiger charge is 2.37. The fourth-order valence-electron chi connectivity index (χ4n) is 2.44. The molecular formula is C13H17BrO. The van der Waals surface area contributed by atoms with E-state index in [0.29, 0.717) is 0 Å². The molecule has 2 atom stereocenters. The van der Waals surface area contributed by atoms with Gasteiger partial charge in [0.1, 0.15) is 0 Å². The van der Waals surface area contributed by atoms with Crippen LogP contribution in [0.25, 0.3) is 0 Å². The third-order valence-corrected chi connectivity index (χ3v) is 4.04. The predicted octanol–water partition coefficient (Wildman–Crippen LogP) is 3.46. The summed E-state index contributed by atoms with van der Waals surface area (Å²) in [6.45, 7) is 2.19. The quantitative estimate of drug-likeness (QED) is 0.815. The molecule has 0 heterocycles. The second-order valence-electron chi connectivity index (χ2n) is 4.69. The van der Waals surface area contributed by atoms with Crippen LogP contribution in [0.3, 0.4) is 0 Å². The van der Waals surface area contributed by atoms with Crippen LogP contribution in [0.1, 0.15) is 37.0 Å². The van der Waals surface area contributed by atoms with E-state index in [-0.39, 0.29) is 11.5 Å². The van der Waals surface area contributed by atoms with Crippen molar-refractivity contribution in [3.8, 4) is 0 Å². The first kappa shape index (κ1) is 11.2. The zero-order valence-corrected chi connectivity index (χ0v) is 10.6. The molecule has 0 radical (unpaired) electrons. The number of rotatable bonds is 2. The number of halogens is 1. The average Bonchev–Trinajstić information content (AvgIpc) is 2.25. The van der Waals surface area contributed by atoms with Gasteiger partial charge in [0.15, 0.2) is 0 Å². The summed E-state index contributed by atoms with van der Waals surface area (Å²) < 4.78 is 0. The summed E-state index contributed by atoms with van der Waals surface area (Å²) in [5, 5.41) is 11.4. The van der Waals surface area contributed by atoms with Crippen molar-refractivity contribution in [2.45, 2.75) is 32.3 Å². The lowest BCUT2D eigenvalue weighted by Gasteiger charge is -2.39. The first-order chi connectivity index (χ1) is 7.17. The smallest absolute Gasteiger partial charge is 0.0846 e. The highest BCUT2D eigenvalue weighted by molar-refractivity contribution is 9.09. The Balaban J connectivity index is 2.33. The minimum absolute atomic E-state index is 0.0395. The van der Waals surface area contributed by atoms with Crippen molar-refractivity contribution in [2.75, 3.05) is 5.33 Å². The maximum Gasteiger partial charge on any atom is 0.0846 e. The highest BCUT2D eigenvalue weighted by Crippen LogP contribution is 2.46. The molecule has 0 bridgehead atoms. The van der Waals surface area contributed by atoms with Crippen LogP contribution in [0.2, 0.25) is 0 Å². The summed E-state index contributed by atoms with van der Waals surface area (Å²) in [5.41, 5.74) is 2.49. The minimum atomic E-state index is -0.306. The monoisotopic (exact) mass is 268 g/mol. The van der Waals surface area contributed by atoms with E-state index in [2.05, 4.69) is 41.1 Å². The molecule has 0 saturated carbocycles. The second-order valence-corrected chi connectivity index (χ2v) is 5.49. The van der Waals surface area contributed by atoms with Gasteiger partial charge in [0.25, 0.3) is 0 Å². The Morgan fingerprint density at radius 1 is 1.47 bits per heavy atom. The second kappa shape index (κ2) is 4.26. The minimum Gasteiger partial charge on any atom is -0.388 e. The Morgan fingerprint density at radius 3 is 2.93 bits per heavy atom. The van der Waals surface area contributed by atoms with Gasteiger partial charge in [-0.05, 0) is 35.8 Å². The third-order valence-electron chi connectivity index (χ3n) is 3.64. The van der Waals surface area contributed by atoms with Crippen LogP contribution in [-0.2, 0) is 6.42 Å². The Hall–Kier alpha value is -0.340. The van der Waals surface area contributed by atoms with Crippen molar-refractivity contribution in [1.29, 1.82) is 0 Å². The van der Waals surface area contributed by atoms with Crippen molar-refractivity contribution in [2.24, 2.45) is 5.41 Å². The van der Waals surface area contributed by atoms with Crippen LogP contribution in [0.4, 0.5) is 0 Å². The van der Waals surface area contributed by atoms with E-state index in [1.165, 1.54) is 5.56 Å². The SMILES string of the molecule is C[C@]1(CCBr)CCc2ccccc2[C@@H]1O. The molecule has 1 N–H and O–H groups in total. The van der Waals surface area contributed by atoms with E-state index in [1.54, 1.807) is 0 Å². The largest absolute Gasteiger partial charge is 0.388 e. The molecule has 15 heavy (non-hydrogen) atoms. The Morgan fingerprint density at radius 2 is 2.20 bits per heavy atom. The molecule has 82 valence electrons. The van der Waals surface area contributed by atoms with Gasteiger partial charge in [-0.1, -0.05) is 47.1 Å². The summed E-state index contributed by atoms with van der Waals surface area (Å²) in [7, 11) is 0. The molecule has 2 rings (SSSR count). The number of aliphatic hydroxyl groups is 1. The number of aliphatic hydroxyl groups excluding tert-OH is 1. The predicted molar refractivity (Wildman–Crippen MR) is 66.2 cm³/mol. The van der Waals surface area contributed by atoms with Gasteiger partial charge in [0.2, 0.25) is 0 Å². The molecule has 0 aliphatic heterocycles. The van der Waals surface area contributed by atoms with Crippen molar-refractivity contribution in [3.05, 3.63) is 35.4 Å². The molecule has 0 fully saturated rings. The number of hydrogen-bond acceptors (Lipinski definition) is 1. The van der Waals surface area contributed by atoms with Crippen molar-refractivity contribution < 1.29 is 5.11 Å². The van der Waals surface area contributed by atoms with Crippen LogP contribution in [0.15, 0.2) is 24.3 Å². The fraction of sp³-hybridized carbons (Fsp3) is 0.538. The Bertz CT molecular complexity index is 350. The molecule has 1 aromatic carbocycles. The number of benzene rings is 1. The van der Waals surface area contributed by atoms with E-state index in [1.807, 2.05) is 6.07 Å². The van der Waals surface area contributed by atoms with Crippen LogP contribution in [0.5, 0.6) is 0 Å². The van der Waals surface area contributed by atoms with E-state index in [0.717, 1.165) is 30.2 Å². The molecule has 0 spiro atoms. The molecule has 0 unspecified atom stereocenters. The number of hydrogen-bond donors (Lipinski definition) is 1. The van der Waals surface area contributed by atoms with Crippen LogP contribution in [-0.4, -0.2) is 10.4 Å². The zero-order valence-electron chi connectivity index (χ0n) is 9.04. The van der Waals surface area contributed by atoms with Crippen molar-refractivity contribution in [1.82, 2.24) is 0 Å². The normalized spacial score (nSPS) is 29.9. The molecular weight excluding hydrogens is 252 g/mol. The topological polar surface area (TPSA) is 20.2 Å². The van der Waals surface area contributed by atoms with Crippen LogP contribution >= 0.6 is 15.9 Å². The first-order valence-electron chi connectivity index (χ1n) is 5.49. The van der Waals surface area contributed by atoms with Crippen LogP contribution < -0.4 is 0 Å². The molecule has 1 aromatic rings. The Kier molecular flexibility index (Phi) is 3.17. The van der Waals surface area contributed by atoms with E-state index in [4.69, 9.17) is 0 Å². The Labute approximate surface area is 99.6 Å². The average molecular weight is 269 g/mol. The maximum atomic E-state index is 10.4. The standard InChI is InChI=1S/C13H17BrO/c1-13(8-9-14)7-6-10-4-2-3-5-11(10)12(13)15/h2-5,12,15H,6-9H2,1H3/t12-,13+/m0/s1. The van der Waals surface area contributed by atoms with Crippen molar-refractivity contribution in [3.63, 3.8) is 0 Å². The molecule has 0 amide bonds.